The Morgan fingerprint density at radius 2 is 2.33 bits per heavy atom. The maximum absolute atomic E-state index is 11.9. The minimum absolute atomic E-state index is 0.0104. The van der Waals surface area contributed by atoms with Crippen molar-refractivity contribution in [1.82, 2.24) is 5.32 Å². The topological polar surface area (TPSA) is 81.4 Å². The van der Waals surface area contributed by atoms with Crippen molar-refractivity contribution in [2.45, 2.75) is 25.8 Å². The summed E-state index contributed by atoms with van der Waals surface area (Å²) in [5.41, 5.74) is 7.46. The smallest absolute Gasteiger partial charge is 0.338 e. The van der Waals surface area contributed by atoms with Crippen LogP contribution in [0, 0.1) is 6.92 Å². The molecular formula is C13H16N2O3. The summed E-state index contributed by atoms with van der Waals surface area (Å²) in [5.74, 6) is -0.392. The zero-order chi connectivity index (χ0) is 13.1. The number of nitrogens with two attached hydrogens (primary N) is 1. The van der Waals surface area contributed by atoms with Crippen LogP contribution in [0.3, 0.4) is 0 Å². The summed E-state index contributed by atoms with van der Waals surface area (Å²) in [5, 5.41) is 2.75. The van der Waals surface area contributed by atoms with Crippen molar-refractivity contribution < 1.29 is 14.3 Å². The minimum Gasteiger partial charge on any atom is -0.460 e. The van der Waals surface area contributed by atoms with Crippen molar-refractivity contribution in [3.05, 3.63) is 29.3 Å². The zero-order valence-corrected chi connectivity index (χ0v) is 10.2. The van der Waals surface area contributed by atoms with Gasteiger partial charge in [0.15, 0.2) is 0 Å². The number of aryl methyl sites for hydroxylation is 1. The van der Waals surface area contributed by atoms with Gasteiger partial charge in [-0.25, -0.2) is 4.79 Å². The first-order valence-electron chi connectivity index (χ1n) is 5.89. The molecule has 0 bridgehead atoms. The van der Waals surface area contributed by atoms with Crippen LogP contribution in [0.25, 0.3) is 0 Å². The van der Waals surface area contributed by atoms with Crippen molar-refractivity contribution in [2.75, 3.05) is 12.3 Å². The van der Waals surface area contributed by atoms with Gasteiger partial charge in [-0.1, -0.05) is 6.07 Å². The third-order valence-corrected chi connectivity index (χ3v) is 2.98. The van der Waals surface area contributed by atoms with Crippen LogP contribution in [0.15, 0.2) is 18.2 Å². The Balaban J connectivity index is 1.95. The number of esters is 1. The molecule has 3 N–H and O–H groups in total. The second kappa shape index (κ2) is 5.08. The molecule has 0 aromatic heterocycles. The van der Waals surface area contributed by atoms with E-state index in [1.165, 1.54) is 0 Å². The number of ether oxygens (including phenoxy) is 1. The summed E-state index contributed by atoms with van der Waals surface area (Å²) in [6, 6.07) is 5.06. The maximum Gasteiger partial charge on any atom is 0.338 e. The van der Waals surface area contributed by atoms with E-state index in [1.54, 1.807) is 18.2 Å². The van der Waals surface area contributed by atoms with Crippen LogP contribution in [0.5, 0.6) is 0 Å². The number of carbonyl (C=O) groups excluding carboxylic acids is 2. The average Bonchev–Trinajstić information content (AvgIpc) is 2.75. The highest BCUT2D eigenvalue weighted by atomic mass is 16.5. The first-order valence-corrected chi connectivity index (χ1v) is 5.89. The Morgan fingerprint density at radius 1 is 1.56 bits per heavy atom. The van der Waals surface area contributed by atoms with Gasteiger partial charge < -0.3 is 15.8 Å². The Kier molecular flexibility index (Phi) is 3.50. The van der Waals surface area contributed by atoms with Gasteiger partial charge in [0.25, 0.3) is 0 Å². The van der Waals surface area contributed by atoms with Gasteiger partial charge in [-0.3, -0.25) is 4.79 Å². The van der Waals surface area contributed by atoms with Crippen molar-refractivity contribution in [2.24, 2.45) is 0 Å². The number of hydrogen-bond acceptors (Lipinski definition) is 4. The van der Waals surface area contributed by atoms with E-state index >= 15 is 0 Å². The molecule has 5 nitrogen and oxygen atoms in total. The molecule has 1 fully saturated rings. The molecule has 0 spiro atoms. The molecule has 0 radical (unpaired) electrons. The molecule has 1 heterocycles. The van der Waals surface area contributed by atoms with Crippen LogP contribution in [0.1, 0.15) is 28.8 Å². The molecule has 1 unspecified atom stereocenters. The van der Waals surface area contributed by atoms with E-state index in [2.05, 4.69) is 5.32 Å². The monoisotopic (exact) mass is 248 g/mol. The second-order valence-corrected chi connectivity index (χ2v) is 4.48. The van der Waals surface area contributed by atoms with Gasteiger partial charge in [0.2, 0.25) is 5.91 Å². The number of carbonyl (C=O) groups is 2. The van der Waals surface area contributed by atoms with Gasteiger partial charge in [0, 0.05) is 12.1 Å². The lowest BCUT2D eigenvalue weighted by Crippen LogP contribution is -2.30. The largest absolute Gasteiger partial charge is 0.460 e. The highest BCUT2D eigenvalue weighted by Gasteiger charge is 2.22. The van der Waals surface area contributed by atoms with Crippen LogP contribution in [-0.4, -0.2) is 24.5 Å². The number of anilines is 1. The van der Waals surface area contributed by atoms with Crippen molar-refractivity contribution in [3.63, 3.8) is 0 Å². The van der Waals surface area contributed by atoms with E-state index in [4.69, 9.17) is 10.5 Å². The van der Waals surface area contributed by atoms with Gasteiger partial charge in [0.05, 0.1) is 11.6 Å². The van der Waals surface area contributed by atoms with E-state index in [-0.39, 0.29) is 18.6 Å². The normalized spacial score (nSPS) is 18.5. The molecule has 1 aliphatic heterocycles. The summed E-state index contributed by atoms with van der Waals surface area (Å²) >= 11 is 0. The lowest BCUT2D eigenvalue weighted by atomic mass is 10.1. The number of nitrogens with one attached hydrogen (secondary N) is 1. The average molecular weight is 248 g/mol. The third kappa shape index (κ3) is 2.80. The molecule has 1 aliphatic rings. The second-order valence-electron chi connectivity index (χ2n) is 4.48. The van der Waals surface area contributed by atoms with E-state index in [9.17, 15) is 9.59 Å². The molecular weight excluding hydrogens is 232 g/mol. The minimum atomic E-state index is -0.402. The summed E-state index contributed by atoms with van der Waals surface area (Å²) in [7, 11) is 0. The number of rotatable bonds is 3. The van der Waals surface area contributed by atoms with Crippen molar-refractivity contribution in [1.29, 1.82) is 0 Å². The number of amides is 1. The predicted octanol–water partition coefficient (Wildman–Crippen LogP) is 1.01. The predicted molar refractivity (Wildman–Crippen MR) is 67.0 cm³/mol. The molecule has 0 saturated carbocycles. The summed E-state index contributed by atoms with van der Waals surface area (Å²) < 4.78 is 5.19. The fourth-order valence-electron chi connectivity index (χ4n) is 1.92. The van der Waals surface area contributed by atoms with E-state index < -0.39 is 5.97 Å². The number of benzene rings is 1. The molecule has 1 atom stereocenters. The molecule has 2 rings (SSSR count). The zero-order valence-electron chi connectivity index (χ0n) is 10.2. The van der Waals surface area contributed by atoms with Crippen LogP contribution in [0.4, 0.5) is 5.69 Å². The van der Waals surface area contributed by atoms with Crippen LogP contribution < -0.4 is 11.1 Å². The summed E-state index contributed by atoms with van der Waals surface area (Å²) in [6.45, 7) is 2.03. The maximum atomic E-state index is 11.9. The lowest BCUT2D eigenvalue weighted by molar-refractivity contribution is -0.119. The summed E-state index contributed by atoms with van der Waals surface area (Å²) in [6.07, 6.45) is 1.21. The molecule has 1 saturated heterocycles. The quantitative estimate of drug-likeness (QED) is 0.618. The van der Waals surface area contributed by atoms with Crippen molar-refractivity contribution in [3.8, 4) is 0 Å². The molecule has 5 heteroatoms. The summed E-state index contributed by atoms with van der Waals surface area (Å²) in [4.78, 5) is 22.9. The Hall–Kier alpha value is -2.04. The molecule has 96 valence electrons. The van der Waals surface area contributed by atoms with Crippen LogP contribution >= 0.6 is 0 Å². The molecule has 0 aliphatic carbocycles. The van der Waals surface area contributed by atoms with E-state index in [0.717, 1.165) is 5.56 Å². The first-order chi connectivity index (χ1) is 8.56. The highest BCUT2D eigenvalue weighted by molar-refractivity contribution is 5.92. The van der Waals surface area contributed by atoms with Gasteiger partial charge in [-0.2, -0.15) is 0 Å². The Labute approximate surface area is 105 Å². The van der Waals surface area contributed by atoms with Gasteiger partial charge in [-0.15, -0.1) is 0 Å². The Morgan fingerprint density at radius 3 is 3.00 bits per heavy atom. The number of hydrogen-bond donors (Lipinski definition) is 2. The molecule has 1 aromatic rings. The fraction of sp³-hybridized carbons (Fsp3) is 0.385. The highest BCUT2D eigenvalue weighted by Crippen LogP contribution is 2.15. The molecule has 1 aromatic carbocycles. The fourth-order valence-corrected chi connectivity index (χ4v) is 1.92. The van der Waals surface area contributed by atoms with Crippen LogP contribution in [-0.2, 0) is 9.53 Å². The lowest BCUT2D eigenvalue weighted by Gasteiger charge is -2.12. The van der Waals surface area contributed by atoms with E-state index in [0.29, 0.717) is 24.1 Å². The SMILES string of the molecule is Cc1ccc(N)cc1C(=O)OCC1CCC(=O)N1. The van der Waals surface area contributed by atoms with Gasteiger partial charge in [-0.05, 0) is 31.0 Å². The molecule has 18 heavy (non-hydrogen) atoms. The van der Waals surface area contributed by atoms with Crippen molar-refractivity contribution >= 4 is 17.6 Å². The Bertz CT molecular complexity index is 485. The third-order valence-electron chi connectivity index (χ3n) is 2.98. The van der Waals surface area contributed by atoms with Gasteiger partial charge in [0.1, 0.15) is 6.61 Å². The first kappa shape index (κ1) is 12.4. The van der Waals surface area contributed by atoms with E-state index in [1.807, 2.05) is 6.92 Å². The van der Waals surface area contributed by atoms with Crippen LogP contribution in [0.2, 0.25) is 0 Å². The number of nitrogen functional groups attached to an aromatic ring is 1. The molecule has 1 amide bonds. The van der Waals surface area contributed by atoms with Gasteiger partial charge >= 0.3 is 5.97 Å². The standard InChI is InChI=1S/C13H16N2O3/c1-8-2-3-9(14)6-11(8)13(17)18-7-10-4-5-12(16)15-10/h2-3,6,10H,4-5,7,14H2,1H3,(H,15,16).